The normalized spacial score (nSPS) is 18.7. The lowest BCUT2D eigenvalue weighted by atomic mass is 9.73. The molecule has 174 valence electrons. The Bertz CT molecular complexity index is 1290. The summed E-state index contributed by atoms with van der Waals surface area (Å²) >= 11 is 0. The molecule has 0 fully saturated rings. The summed E-state index contributed by atoms with van der Waals surface area (Å²) in [5, 5.41) is 7.27. The van der Waals surface area contributed by atoms with E-state index >= 15 is 0 Å². The van der Waals surface area contributed by atoms with E-state index in [9.17, 15) is 4.79 Å². The van der Waals surface area contributed by atoms with Crippen LogP contribution < -0.4 is 20.1 Å². The zero-order valence-electron chi connectivity index (χ0n) is 20.1. The Kier molecular flexibility index (Phi) is 5.56. The van der Waals surface area contributed by atoms with Crippen LogP contribution in [0.4, 0.5) is 11.4 Å². The Labute approximate surface area is 200 Å². The Balaban J connectivity index is 1.58. The van der Waals surface area contributed by atoms with Gasteiger partial charge in [-0.3, -0.25) is 4.79 Å². The number of fused-ring (bicyclic) bond motifs is 1. The molecule has 5 nitrogen and oxygen atoms in total. The van der Waals surface area contributed by atoms with Crippen LogP contribution in [-0.4, -0.2) is 12.9 Å². The van der Waals surface area contributed by atoms with Crippen LogP contribution in [0.3, 0.4) is 0 Å². The van der Waals surface area contributed by atoms with Gasteiger partial charge in [0.05, 0.1) is 24.5 Å². The Morgan fingerprint density at radius 3 is 2.41 bits per heavy atom. The van der Waals surface area contributed by atoms with Crippen LogP contribution in [0.15, 0.2) is 78.0 Å². The number of methoxy groups -OCH3 is 1. The first-order valence-corrected chi connectivity index (χ1v) is 11.6. The van der Waals surface area contributed by atoms with E-state index in [1.165, 1.54) is 0 Å². The maximum Gasteiger partial charge on any atom is 0.169 e. The molecule has 5 rings (SSSR count). The monoisotopic (exact) mass is 454 g/mol. The SMILES string of the molecule is COc1ccccc1Oc1ccc2c(c1)NC(c1ccccc1C)C1=C(CC(C)(C)CC1=O)N2. The zero-order chi connectivity index (χ0) is 23.9. The van der Waals surface area contributed by atoms with Crippen molar-refractivity contribution in [2.45, 2.75) is 39.7 Å². The predicted octanol–water partition coefficient (Wildman–Crippen LogP) is 7.02. The fourth-order valence-electron chi connectivity index (χ4n) is 4.96. The van der Waals surface area contributed by atoms with Gasteiger partial charge >= 0.3 is 0 Å². The van der Waals surface area contributed by atoms with Crippen LogP contribution in [0.2, 0.25) is 0 Å². The fourth-order valence-corrected chi connectivity index (χ4v) is 4.96. The van der Waals surface area contributed by atoms with Crippen LogP contribution in [0, 0.1) is 12.3 Å². The number of anilines is 2. The van der Waals surface area contributed by atoms with Crippen molar-refractivity contribution in [2.75, 3.05) is 17.7 Å². The number of carbonyl (C=O) groups is 1. The number of allylic oxidation sites excluding steroid dienone is 1. The summed E-state index contributed by atoms with van der Waals surface area (Å²) in [6.07, 6.45) is 1.35. The van der Waals surface area contributed by atoms with Gasteiger partial charge in [0.1, 0.15) is 5.75 Å². The Morgan fingerprint density at radius 1 is 0.912 bits per heavy atom. The van der Waals surface area contributed by atoms with Gasteiger partial charge in [-0.1, -0.05) is 50.2 Å². The number of hydrogen-bond acceptors (Lipinski definition) is 5. The lowest BCUT2D eigenvalue weighted by Crippen LogP contribution is -2.31. The topological polar surface area (TPSA) is 59.6 Å². The van der Waals surface area contributed by atoms with Crippen molar-refractivity contribution in [3.05, 3.63) is 89.1 Å². The van der Waals surface area contributed by atoms with Crippen molar-refractivity contribution in [1.82, 2.24) is 0 Å². The van der Waals surface area contributed by atoms with Gasteiger partial charge in [0.2, 0.25) is 0 Å². The first-order chi connectivity index (χ1) is 16.3. The van der Waals surface area contributed by atoms with Gasteiger partial charge in [0.25, 0.3) is 0 Å². The number of hydrogen-bond donors (Lipinski definition) is 2. The molecule has 0 aromatic heterocycles. The third kappa shape index (κ3) is 4.14. The molecule has 1 aliphatic heterocycles. The number of rotatable bonds is 4. The fraction of sp³-hybridized carbons (Fsp3) is 0.276. The Hall–Kier alpha value is -3.73. The number of benzene rings is 3. The van der Waals surface area contributed by atoms with Gasteiger partial charge in [-0.05, 0) is 54.2 Å². The molecule has 0 saturated heterocycles. The van der Waals surface area contributed by atoms with Crippen molar-refractivity contribution >= 4 is 17.2 Å². The quantitative estimate of drug-likeness (QED) is 0.444. The number of ketones is 1. The van der Waals surface area contributed by atoms with Crippen molar-refractivity contribution < 1.29 is 14.3 Å². The molecule has 3 aromatic carbocycles. The summed E-state index contributed by atoms with van der Waals surface area (Å²) in [5.74, 6) is 2.20. The van der Waals surface area contributed by atoms with Crippen LogP contribution in [0.1, 0.15) is 43.9 Å². The molecule has 0 amide bonds. The van der Waals surface area contributed by atoms with Crippen molar-refractivity contribution in [3.63, 3.8) is 0 Å². The molecule has 0 bridgehead atoms. The average molecular weight is 455 g/mol. The minimum absolute atomic E-state index is 0.0867. The van der Waals surface area contributed by atoms with E-state index in [-0.39, 0.29) is 17.2 Å². The second kappa shape index (κ2) is 8.56. The highest BCUT2D eigenvalue weighted by molar-refractivity contribution is 6.01. The van der Waals surface area contributed by atoms with E-state index in [2.05, 4.69) is 43.5 Å². The van der Waals surface area contributed by atoms with Gasteiger partial charge in [-0.2, -0.15) is 0 Å². The molecule has 2 N–H and O–H groups in total. The number of carbonyl (C=O) groups excluding carboxylic acids is 1. The van der Waals surface area contributed by atoms with E-state index in [1.54, 1.807) is 7.11 Å². The first-order valence-electron chi connectivity index (χ1n) is 11.6. The molecule has 34 heavy (non-hydrogen) atoms. The van der Waals surface area contributed by atoms with Crippen LogP contribution in [-0.2, 0) is 4.79 Å². The van der Waals surface area contributed by atoms with Gasteiger partial charge in [0.15, 0.2) is 17.3 Å². The first kappa shape index (κ1) is 22.1. The van der Waals surface area contributed by atoms with Gasteiger partial charge in [-0.25, -0.2) is 0 Å². The maximum atomic E-state index is 13.4. The molecule has 0 spiro atoms. The van der Waals surface area contributed by atoms with E-state index in [1.807, 2.05) is 54.6 Å². The van der Waals surface area contributed by atoms with Gasteiger partial charge < -0.3 is 20.1 Å². The van der Waals surface area contributed by atoms with E-state index in [0.29, 0.717) is 23.7 Å². The van der Waals surface area contributed by atoms with Gasteiger partial charge in [0, 0.05) is 23.8 Å². The van der Waals surface area contributed by atoms with E-state index < -0.39 is 0 Å². The highest BCUT2D eigenvalue weighted by Gasteiger charge is 2.39. The number of ether oxygens (including phenoxy) is 2. The van der Waals surface area contributed by atoms with Gasteiger partial charge in [-0.15, -0.1) is 0 Å². The number of nitrogens with one attached hydrogen (secondary N) is 2. The highest BCUT2D eigenvalue weighted by Crippen LogP contribution is 2.46. The minimum atomic E-state index is -0.241. The predicted molar refractivity (Wildman–Crippen MR) is 136 cm³/mol. The lowest BCUT2D eigenvalue weighted by molar-refractivity contribution is -0.118. The second-order valence-electron chi connectivity index (χ2n) is 9.85. The summed E-state index contributed by atoms with van der Waals surface area (Å²) in [6.45, 7) is 6.40. The third-order valence-electron chi connectivity index (χ3n) is 6.58. The minimum Gasteiger partial charge on any atom is -0.493 e. The molecule has 0 radical (unpaired) electrons. The van der Waals surface area contributed by atoms with Crippen LogP contribution in [0.25, 0.3) is 0 Å². The summed E-state index contributed by atoms with van der Waals surface area (Å²) in [7, 11) is 1.63. The molecule has 1 atom stereocenters. The summed E-state index contributed by atoms with van der Waals surface area (Å²) < 4.78 is 11.6. The number of Topliss-reactive ketones (excluding diaryl/α,β-unsaturated/α-hetero) is 1. The van der Waals surface area contributed by atoms with E-state index in [0.717, 1.165) is 40.2 Å². The lowest BCUT2D eigenvalue weighted by Gasteiger charge is -2.34. The molecule has 3 aromatic rings. The van der Waals surface area contributed by atoms with Crippen molar-refractivity contribution in [1.29, 1.82) is 0 Å². The zero-order valence-corrected chi connectivity index (χ0v) is 20.1. The number of aryl methyl sites for hydroxylation is 1. The smallest absolute Gasteiger partial charge is 0.169 e. The highest BCUT2D eigenvalue weighted by atomic mass is 16.5. The van der Waals surface area contributed by atoms with Crippen molar-refractivity contribution in [3.8, 4) is 17.2 Å². The molecule has 1 aliphatic carbocycles. The Morgan fingerprint density at radius 2 is 1.65 bits per heavy atom. The van der Waals surface area contributed by atoms with Crippen LogP contribution in [0.5, 0.6) is 17.2 Å². The molecule has 1 heterocycles. The summed E-state index contributed by atoms with van der Waals surface area (Å²) in [5.41, 5.74) is 5.82. The maximum absolute atomic E-state index is 13.4. The second-order valence-corrected chi connectivity index (χ2v) is 9.85. The molecule has 5 heteroatoms. The molecule has 2 aliphatic rings. The molecular formula is C29H30N2O3. The largest absolute Gasteiger partial charge is 0.493 e. The standard InChI is InChI=1S/C29H30N2O3/c1-18-9-5-6-10-20(18)28-27-23(16-29(2,3)17-24(27)32)30-21-14-13-19(15-22(21)31-28)34-26-12-8-7-11-25(26)33-4/h5-15,28,30-31H,16-17H2,1-4H3. The molecule has 1 unspecified atom stereocenters. The summed E-state index contributed by atoms with van der Waals surface area (Å²) in [4.78, 5) is 13.4. The average Bonchev–Trinajstić information content (AvgIpc) is 2.95. The third-order valence-corrected chi connectivity index (χ3v) is 6.58. The van der Waals surface area contributed by atoms with Crippen molar-refractivity contribution in [2.24, 2.45) is 5.41 Å². The summed E-state index contributed by atoms with van der Waals surface area (Å²) in [6, 6.07) is 21.5. The molecular weight excluding hydrogens is 424 g/mol. The van der Waals surface area contributed by atoms with E-state index in [4.69, 9.17) is 9.47 Å². The molecule has 0 saturated carbocycles. The van der Waals surface area contributed by atoms with Crippen LogP contribution >= 0.6 is 0 Å². The number of para-hydroxylation sites is 2.